The number of esters is 1. The molecule has 0 heterocycles. The predicted molar refractivity (Wildman–Crippen MR) is 75.5 cm³/mol. The number of halogens is 4. The number of hydrogen-bond donors (Lipinski definition) is 1. The van der Waals surface area contributed by atoms with E-state index in [4.69, 9.17) is 11.6 Å². The van der Waals surface area contributed by atoms with Gasteiger partial charge in [-0.1, -0.05) is 17.2 Å². The summed E-state index contributed by atoms with van der Waals surface area (Å²) in [5.41, 5.74) is -0.472. The van der Waals surface area contributed by atoms with E-state index < -0.39 is 30.2 Å². The molecular formula is C14H13ClF3NO3. The number of rotatable bonds is 4. The lowest BCUT2D eigenvalue weighted by Crippen LogP contribution is -2.20. The Kier molecular flexibility index (Phi) is 5.99. The number of anilines is 1. The zero-order valence-corrected chi connectivity index (χ0v) is 12.5. The molecule has 0 spiro atoms. The van der Waals surface area contributed by atoms with Crippen molar-refractivity contribution in [2.75, 3.05) is 11.9 Å². The minimum Gasteiger partial charge on any atom is -0.452 e. The van der Waals surface area contributed by atoms with E-state index in [1.165, 1.54) is 6.08 Å². The molecular weight excluding hydrogens is 323 g/mol. The summed E-state index contributed by atoms with van der Waals surface area (Å²) in [5, 5.41) is 2.10. The Labute approximate surface area is 129 Å². The van der Waals surface area contributed by atoms with E-state index >= 15 is 0 Å². The van der Waals surface area contributed by atoms with Gasteiger partial charge in [0.2, 0.25) is 0 Å². The lowest BCUT2D eigenvalue weighted by molar-refractivity contribution is -0.142. The van der Waals surface area contributed by atoms with Gasteiger partial charge in [-0.3, -0.25) is 4.79 Å². The van der Waals surface area contributed by atoms with Crippen LogP contribution in [0.15, 0.2) is 29.8 Å². The molecule has 0 aliphatic rings. The molecule has 0 atom stereocenters. The van der Waals surface area contributed by atoms with Crippen LogP contribution in [-0.2, 0) is 20.5 Å². The van der Waals surface area contributed by atoms with Gasteiger partial charge in [0.25, 0.3) is 5.91 Å². The standard InChI is InChI=1S/C14H13ClF3NO3/c1-8(2)5-13(21)22-7-12(20)19-11-6-9(14(16,17)18)3-4-10(11)15/h3-6H,7H2,1-2H3,(H,19,20). The summed E-state index contributed by atoms with van der Waals surface area (Å²) in [5.74, 6) is -1.51. The van der Waals surface area contributed by atoms with Crippen LogP contribution < -0.4 is 5.32 Å². The Morgan fingerprint density at radius 3 is 2.50 bits per heavy atom. The number of alkyl halides is 3. The fourth-order valence-corrected chi connectivity index (χ4v) is 1.56. The van der Waals surface area contributed by atoms with Crippen LogP contribution in [0.3, 0.4) is 0 Å². The van der Waals surface area contributed by atoms with Gasteiger partial charge in [-0.2, -0.15) is 13.2 Å². The zero-order valence-electron chi connectivity index (χ0n) is 11.8. The van der Waals surface area contributed by atoms with Crippen LogP contribution >= 0.6 is 11.6 Å². The fraction of sp³-hybridized carbons (Fsp3) is 0.286. The molecule has 1 aromatic rings. The van der Waals surface area contributed by atoms with Gasteiger partial charge >= 0.3 is 12.1 Å². The van der Waals surface area contributed by atoms with E-state index in [9.17, 15) is 22.8 Å². The van der Waals surface area contributed by atoms with E-state index in [1.807, 2.05) is 0 Å². The third kappa shape index (κ3) is 5.77. The molecule has 120 valence electrons. The maximum Gasteiger partial charge on any atom is 0.416 e. The van der Waals surface area contributed by atoms with Gasteiger partial charge < -0.3 is 10.1 Å². The molecule has 0 aliphatic carbocycles. The lowest BCUT2D eigenvalue weighted by Gasteiger charge is -2.11. The first kappa shape index (κ1) is 18.0. The van der Waals surface area contributed by atoms with Crippen molar-refractivity contribution in [2.45, 2.75) is 20.0 Å². The van der Waals surface area contributed by atoms with Crippen molar-refractivity contribution < 1.29 is 27.5 Å². The second-order valence-electron chi connectivity index (χ2n) is 4.57. The Bertz CT molecular complexity index is 608. The summed E-state index contributed by atoms with van der Waals surface area (Å²) in [6.45, 7) is 2.71. The molecule has 0 fully saturated rings. The summed E-state index contributed by atoms with van der Waals surface area (Å²) < 4.78 is 42.4. The third-order valence-electron chi connectivity index (χ3n) is 2.32. The van der Waals surface area contributed by atoms with Crippen LogP contribution in [0, 0.1) is 0 Å². The van der Waals surface area contributed by atoms with E-state index in [-0.39, 0.29) is 10.7 Å². The summed E-state index contributed by atoms with van der Waals surface area (Å²) in [4.78, 5) is 22.8. The smallest absolute Gasteiger partial charge is 0.416 e. The first-order valence-corrected chi connectivity index (χ1v) is 6.45. The Morgan fingerprint density at radius 1 is 1.32 bits per heavy atom. The SMILES string of the molecule is CC(C)=CC(=O)OCC(=O)Nc1cc(C(F)(F)F)ccc1Cl. The molecule has 4 nitrogen and oxygen atoms in total. The fourth-order valence-electron chi connectivity index (χ4n) is 1.40. The maximum absolute atomic E-state index is 12.6. The molecule has 0 saturated heterocycles. The van der Waals surface area contributed by atoms with Crippen LogP contribution in [0.4, 0.5) is 18.9 Å². The molecule has 0 aromatic heterocycles. The number of carbonyl (C=O) groups is 2. The highest BCUT2D eigenvalue weighted by molar-refractivity contribution is 6.33. The van der Waals surface area contributed by atoms with Crippen molar-refractivity contribution in [1.82, 2.24) is 0 Å². The van der Waals surface area contributed by atoms with E-state index in [2.05, 4.69) is 10.1 Å². The minimum absolute atomic E-state index is 0.0584. The van der Waals surface area contributed by atoms with Gasteiger partial charge in [-0.25, -0.2) is 4.79 Å². The number of ether oxygens (including phenoxy) is 1. The monoisotopic (exact) mass is 335 g/mol. The van der Waals surface area contributed by atoms with E-state index in [1.54, 1.807) is 13.8 Å². The Hall–Kier alpha value is -2.02. The summed E-state index contributed by atoms with van der Waals surface area (Å²) in [6.07, 6.45) is -3.37. The highest BCUT2D eigenvalue weighted by atomic mass is 35.5. The highest BCUT2D eigenvalue weighted by Crippen LogP contribution is 2.33. The molecule has 1 amide bonds. The first-order chi connectivity index (χ1) is 10.1. The van der Waals surface area contributed by atoms with Crippen LogP contribution in [-0.4, -0.2) is 18.5 Å². The number of hydrogen-bond acceptors (Lipinski definition) is 3. The van der Waals surface area contributed by atoms with E-state index in [0.29, 0.717) is 11.6 Å². The van der Waals surface area contributed by atoms with Gasteiger partial charge in [-0.05, 0) is 32.0 Å². The lowest BCUT2D eigenvalue weighted by atomic mass is 10.2. The average molecular weight is 336 g/mol. The molecule has 0 unspecified atom stereocenters. The molecule has 1 aromatic carbocycles. The number of benzene rings is 1. The normalized spacial score (nSPS) is 10.8. The molecule has 1 N–H and O–H groups in total. The number of carbonyl (C=O) groups excluding carboxylic acids is 2. The van der Waals surface area contributed by atoms with Crippen LogP contribution in [0.1, 0.15) is 19.4 Å². The average Bonchev–Trinajstić information content (AvgIpc) is 2.37. The molecule has 8 heteroatoms. The molecule has 0 saturated carbocycles. The van der Waals surface area contributed by atoms with Gasteiger partial charge in [0, 0.05) is 6.08 Å². The minimum atomic E-state index is -4.56. The molecule has 22 heavy (non-hydrogen) atoms. The Morgan fingerprint density at radius 2 is 1.95 bits per heavy atom. The molecule has 0 radical (unpaired) electrons. The summed E-state index contributed by atoms with van der Waals surface area (Å²) in [6, 6.07) is 2.53. The quantitative estimate of drug-likeness (QED) is 0.672. The third-order valence-corrected chi connectivity index (χ3v) is 2.65. The first-order valence-electron chi connectivity index (χ1n) is 6.08. The van der Waals surface area contributed by atoms with Gasteiger partial charge in [0.1, 0.15) is 0 Å². The van der Waals surface area contributed by atoms with Crippen LogP contribution in [0.25, 0.3) is 0 Å². The second-order valence-corrected chi connectivity index (χ2v) is 4.98. The predicted octanol–water partition coefficient (Wildman–Crippen LogP) is 3.81. The second kappa shape index (κ2) is 7.31. The van der Waals surface area contributed by atoms with Crippen molar-refractivity contribution in [3.05, 3.63) is 40.4 Å². The van der Waals surface area contributed by atoms with Crippen molar-refractivity contribution in [1.29, 1.82) is 0 Å². The van der Waals surface area contributed by atoms with Gasteiger partial charge in [0.05, 0.1) is 16.3 Å². The van der Waals surface area contributed by atoms with Gasteiger partial charge in [-0.15, -0.1) is 0 Å². The summed E-state index contributed by atoms with van der Waals surface area (Å²) in [7, 11) is 0. The summed E-state index contributed by atoms with van der Waals surface area (Å²) >= 11 is 5.72. The van der Waals surface area contributed by atoms with Crippen molar-refractivity contribution in [3.63, 3.8) is 0 Å². The van der Waals surface area contributed by atoms with Crippen LogP contribution in [0.2, 0.25) is 5.02 Å². The maximum atomic E-state index is 12.6. The van der Waals surface area contributed by atoms with Crippen molar-refractivity contribution in [2.24, 2.45) is 0 Å². The Balaban J connectivity index is 2.72. The highest BCUT2D eigenvalue weighted by Gasteiger charge is 2.31. The van der Waals surface area contributed by atoms with Crippen LogP contribution in [0.5, 0.6) is 0 Å². The molecule has 0 bridgehead atoms. The number of nitrogens with one attached hydrogen (secondary N) is 1. The molecule has 1 rings (SSSR count). The molecule has 0 aliphatic heterocycles. The largest absolute Gasteiger partial charge is 0.452 e. The van der Waals surface area contributed by atoms with Gasteiger partial charge in [0.15, 0.2) is 6.61 Å². The van der Waals surface area contributed by atoms with E-state index in [0.717, 1.165) is 12.1 Å². The van der Waals surface area contributed by atoms with Crippen molar-refractivity contribution >= 4 is 29.2 Å². The number of allylic oxidation sites excluding steroid dienone is 1. The topological polar surface area (TPSA) is 55.4 Å². The van der Waals surface area contributed by atoms with Crippen molar-refractivity contribution in [3.8, 4) is 0 Å². The number of amides is 1. The zero-order chi connectivity index (χ0) is 16.9.